The average Bonchev–Trinajstić information content (AvgIpc) is 2.85. The molecule has 0 unspecified atom stereocenters. The third-order valence-electron chi connectivity index (χ3n) is 5.54. The maximum absolute atomic E-state index is 12.6. The Morgan fingerprint density at radius 2 is 1.70 bits per heavy atom. The van der Waals surface area contributed by atoms with Crippen molar-refractivity contribution in [3.8, 4) is 17.2 Å². The first kappa shape index (κ1) is 24.1. The van der Waals surface area contributed by atoms with E-state index >= 15 is 0 Å². The molecule has 0 radical (unpaired) electrons. The highest BCUT2D eigenvalue weighted by atomic mass is 16.5. The Morgan fingerprint density at radius 1 is 0.970 bits per heavy atom. The Labute approximate surface area is 194 Å². The number of methoxy groups -OCH3 is 2. The van der Waals surface area contributed by atoms with Crippen LogP contribution in [0.3, 0.4) is 0 Å². The van der Waals surface area contributed by atoms with Crippen molar-refractivity contribution in [3.63, 3.8) is 0 Å². The fraction of sp³-hybridized carbons (Fsp3) is 0.360. The van der Waals surface area contributed by atoms with Gasteiger partial charge < -0.3 is 24.8 Å². The molecule has 1 aliphatic heterocycles. The number of rotatable bonds is 10. The van der Waals surface area contributed by atoms with Gasteiger partial charge in [-0.25, -0.2) is 0 Å². The lowest BCUT2D eigenvalue weighted by molar-refractivity contribution is -0.127. The van der Waals surface area contributed by atoms with Crippen molar-refractivity contribution in [2.45, 2.75) is 6.42 Å². The van der Waals surface area contributed by atoms with E-state index in [-0.39, 0.29) is 12.5 Å². The van der Waals surface area contributed by atoms with Gasteiger partial charge in [0.25, 0.3) is 5.91 Å². The second-order valence-electron chi connectivity index (χ2n) is 7.76. The molecule has 2 amide bonds. The standard InChI is InChI=1S/C25H31N3O5/c1-31-21-7-3-19(4-8-21)11-12-27-13-15-28(16-14-27)25(30)10-6-20-5-9-22(23(17-20)32-2)33-18-24(26)29/h3-10,17H,11-16,18H2,1-2H3,(H2,26,29)/b10-6+. The molecule has 3 rings (SSSR count). The molecule has 0 saturated carbocycles. The van der Waals surface area contributed by atoms with Gasteiger partial charge in [0.1, 0.15) is 5.75 Å². The van der Waals surface area contributed by atoms with Crippen molar-refractivity contribution in [2.75, 3.05) is 53.6 Å². The summed E-state index contributed by atoms with van der Waals surface area (Å²) in [5, 5.41) is 0. The van der Waals surface area contributed by atoms with Crippen LogP contribution in [-0.4, -0.2) is 75.2 Å². The number of carbonyl (C=O) groups excluding carboxylic acids is 2. The van der Waals surface area contributed by atoms with E-state index in [2.05, 4.69) is 17.0 Å². The maximum Gasteiger partial charge on any atom is 0.255 e. The number of carbonyl (C=O) groups is 2. The normalized spacial score (nSPS) is 14.3. The summed E-state index contributed by atoms with van der Waals surface area (Å²) in [5.74, 6) is 1.18. The molecule has 1 fully saturated rings. The molecule has 0 bridgehead atoms. The van der Waals surface area contributed by atoms with E-state index in [1.165, 1.54) is 12.7 Å². The van der Waals surface area contributed by atoms with E-state index in [0.29, 0.717) is 24.6 Å². The summed E-state index contributed by atoms with van der Waals surface area (Å²) in [6, 6.07) is 13.4. The fourth-order valence-corrected chi connectivity index (χ4v) is 3.60. The number of primary amides is 1. The van der Waals surface area contributed by atoms with E-state index in [1.807, 2.05) is 17.0 Å². The largest absolute Gasteiger partial charge is 0.497 e. The first-order chi connectivity index (χ1) is 16.0. The molecule has 176 valence electrons. The quantitative estimate of drug-likeness (QED) is 0.553. The van der Waals surface area contributed by atoms with Gasteiger partial charge in [0.2, 0.25) is 5.91 Å². The highest BCUT2D eigenvalue weighted by Gasteiger charge is 2.19. The molecule has 0 atom stereocenters. The molecule has 2 aromatic carbocycles. The molecule has 0 spiro atoms. The minimum absolute atomic E-state index is 0.0159. The van der Waals surface area contributed by atoms with E-state index in [0.717, 1.165) is 37.4 Å². The molecule has 1 aliphatic rings. The molecular formula is C25H31N3O5. The molecule has 2 N–H and O–H groups in total. The summed E-state index contributed by atoms with van der Waals surface area (Å²) >= 11 is 0. The Morgan fingerprint density at radius 3 is 2.33 bits per heavy atom. The summed E-state index contributed by atoms with van der Waals surface area (Å²) in [4.78, 5) is 27.8. The van der Waals surface area contributed by atoms with Gasteiger partial charge in [-0.1, -0.05) is 18.2 Å². The van der Waals surface area contributed by atoms with Gasteiger partial charge >= 0.3 is 0 Å². The number of piperazine rings is 1. The van der Waals surface area contributed by atoms with Crippen LogP contribution in [0.15, 0.2) is 48.5 Å². The Kier molecular flexibility index (Phi) is 8.71. The number of benzene rings is 2. The van der Waals surface area contributed by atoms with E-state index < -0.39 is 5.91 Å². The lowest BCUT2D eigenvalue weighted by Gasteiger charge is -2.34. The van der Waals surface area contributed by atoms with Gasteiger partial charge in [-0.05, 0) is 47.9 Å². The zero-order valence-corrected chi connectivity index (χ0v) is 19.2. The highest BCUT2D eigenvalue weighted by molar-refractivity contribution is 5.92. The van der Waals surface area contributed by atoms with Crippen LogP contribution in [0.1, 0.15) is 11.1 Å². The molecule has 0 aromatic heterocycles. The molecular weight excluding hydrogens is 422 g/mol. The predicted octanol–water partition coefficient (Wildman–Crippen LogP) is 1.97. The number of hydrogen-bond acceptors (Lipinski definition) is 6. The van der Waals surface area contributed by atoms with Crippen LogP contribution in [0, 0.1) is 0 Å². The first-order valence-electron chi connectivity index (χ1n) is 10.9. The van der Waals surface area contributed by atoms with Crippen molar-refractivity contribution in [1.29, 1.82) is 0 Å². The van der Waals surface area contributed by atoms with Crippen LogP contribution < -0.4 is 19.9 Å². The van der Waals surface area contributed by atoms with Crippen molar-refractivity contribution < 1.29 is 23.8 Å². The second-order valence-corrected chi connectivity index (χ2v) is 7.76. The van der Waals surface area contributed by atoms with Gasteiger partial charge in [0.05, 0.1) is 14.2 Å². The number of nitrogens with zero attached hydrogens (tertiary/aromatic N) is 2. The van der Waals surface area contributed by atoms with E-state index in [4.69, 9.17) is 19.9 Å². The van der Waals surface area contributed by atoms with Gasteiger partial charge in [-0.2, -0.15) is 0 Å². The van der Waals surface area contributed by atoms with Gasteiger partial charge in [0, 0.05) is 38.8 Å². The number of nitrogens with two attached hydrogens (primary N) is 1. The van der Waals surface area contributed by atoms with Crippen LogP contribution >= 0.6 is 0 Å². The molecule has 0 aliphatic carbocycles. The van der Waals surface area contributed by atoms with Crippen molar-refractivity contribution in [1.82, 2.24) is 9.80 Å². The Bertz CT molecular complexity index is 967. The predicted molar refractivity (Wildman–Crippen MR) is 126 cm³/mol. The topological polar surface area (TPSA) is 94.3 Å². The maximum atomic E-state index is 12.6. The fourth-order valence-electron chi connectivity index (χ4n) is 3.60. The van der Waals surface area contributed by atoms with Crippen LogP contribution in [0.5, 0.6) is 17.2 Å². The smallest absolute Gasteiger partial charge is 0.255 e. The molecule has 1 heterocycles. The highest BCUT2D eigenvalue weighted by Crippen LogP contribution is 2.28. The Balaban J connectivity index is 1.46. The van der Waals surface area contributed by atoms with Crippen molar-refractivity contribution in [2.24, 2.45) is 5.73 Å². The summed E-state index contributed by atoms with van der Waals surface area (Å²) in [6.07, 6.45) is 4.29. The second kappa shape index (κ2) is 11.9. The van der Waals surface area contributed by atoms with Gasteiger partial charge in [-0.3, -0.25) is 14.5 Å². The average molecular weight is 454 g/mol. The zero-order valence-electron chi connectivity index (χ0n) is 19.2. The van der Waals surface area contributed by atoms with E-state index in [9.17, 15) is 9.59 Å². The number of hydrogen-bond donors (Lipinski definition) is 1. The van der Waals surface area contributed by atoms with Crippen LogP contribution in [-0.2, 0) is 16.0 Å². The number of amides is 2. The van der Waals surface area contributed by atoms with Gasteiger partial charge in [-0.15, -0.1) is 0 Å². The van der Waals surface area contributed by atoms with Crippen molar-refractivity contribution >= 4 is 17.9 Å². The summed E-state index contributed by atoms with van der Waals surface area (Å²) < 4.78 is 15.8. The molecule has 2 aromatic rings. The molecule has 1 saturated heterocycles. The summed E-state index contributed by atoms with van der Waals surface area (Å²) in [7, 11) is 3.18. The summed E-state index contributed by atoms with van der Waals surface area (Å²) in [6.45, 7) is 3.86. The lowest BCUT2D eigenvalue weighted by Crippen LogP contribution is -2.48. The monoisotopic (exact) mass is 453 g/mol. The van der Waals surface area contributed by atoms with Gasteiger partial charge in [0.15, 0.2) is 18.1 Å². The lowest BCUT2D eigenvalue weighted by atomic mass is 10.1. The van der Waals surface area contributed by atoms with Crippen LogP contribution in [0.25, 0.3) is 6.08 Å². The zero-order chi connectivity index (χ0) is 23.6. The minimum atomic E-state index is -0.563. The first-order valence-corrected chi connectivity index (χ1v) is 10.9. The summed E-state index contributed by atoms with van der Waals surface area (Å²) in [5.41, 5.74) is 7.18. The molecule has 8 heteroatoms. The third-order valence-corrected chi connectivity index (χ3v) is 5.54. The van der Waals surface area contributed by atoms with Crippen LogP contribution in [0.2, 0.25) is 0 Å². The van der Waals surface area contributed by atoms with Crippen LogP contribution in [0.4, 0.5) is 0 Å². The third kappa shape index (κ3) is 7.25. The Hall–Kier alpha value is -3.52. The number of ether oxygens (including phenoxy) is 3. The molecule has 8 nitrogen and oxygen atoms in total. The minimum Gasteiger partial charge on any atom is -0.497 e. The SMILES string of the molecule is COc1ccc(CCN2CCN(C(=O)/C=C/c3ccc(OCC(N)=O)c(OC)c3)CC2)cc1. The molecule has 33 heavy (non-hydrogen) atoms. The van der Waals surface area contributed by atoms with Crippen molar-refractivity contribution in [3.05, 3.63) is 59.7 Å². The van der Waals surface area contributed by atoms with E-state index in [1.54, 1.807) is 37.5 Å².